The molecule has 2 aromatic carbocycles. The average Bonchev–Trinajstić information content (AvgIpc) is 2.47. The number of aryl methyl sites for hydroxylation is 1. The summed E-state index contributed by atoms with van der Waals surface area (Å²) in [5.74, 6) is 0.136. The van der Waals surface area contributed by atoms with E-state index in [1.807, 2.05) is 30.3 Å². The molecule has 2 aromatic rings. The van der Waals surface area contributed by atoms with Crippen LogP contribution in [0.4, 0.5) is 15.8 Å². The Morgan fingerprint density at radius 1 is 1.29 bits per heavy atom. The Morgan fingerprint density at radius 2 is 2.00 bits per heavy atom. The number of anilines is 1. The molecule has 0 bridgehead atoms. The zero-order valence-electron chi connectivity index (χ0n) is 11.5. The molecular weight excluding hydrogens is 275 g/mol. The maximum absolute atomic E-state index is 13.4. The Morgan fingerprint density at radius 3 is 2.67 bits per heavy atom. The average molecular weight is 290 g/mol. The van der Waals surface area contributed by atoms with E-state index in [9.17, 15) is 14.5 Å². The van der Waals surface area contributed by atoms with Crippen LogP contribution >= 0.6 is 0 Å². The first-order chi connectivity index (χ1) is 10.1. The first-order valence-corrected chi connectivity index (χ1v) is 6.44. The van der Waals surface area contributed by atoms with Gasteiger partial charge in [0, 0.05) is 6.54 Å². The number of nitro benzene ring substituents is 1. The van der Waals surface area contributed by atoms with Crippen LogP contribution in [-0.2, 0) is 0 Å². The van der Waals surface area contributed by atoms with Crippen LogP contribution in [-0.4, -0.2) is 18.1 Å². The predicted octanol–water partition coefficient (Wildman–Crippen LogP) is 3.53. The molecule has 0 amide bonds. The van der Waals surface area contributed by atoms with Gasteiger partial charge in [-0.15, -0.1) is 0 Å². The first-order valence-electron chi connectivity index (χ1n) is 6.44. The van der Waals surface area contributed by atoms with Crippen molar-refractivity contribution in [2.24, 2.45) is 0 Å². The third-order valence-electron chi connectivity index (χ3n) is 2.90. The molecule has 0 atom stereocenters. The van der Waals surface area contributed by atoms with Crippen molar-refractivity contribution >= 4 is 11.4 Å². The van der Waals surface area contributed by atoms with Crippen LogP contribution in [0.3, 0.4) is 0 Å². The van der Waals surface area contributed by atoms with E-state index >= 15 is 0 Å². The molecule has 6 heteroatoms. The normalized spacial score (nSPS) is 10.2. The molecular formula is C15H15FN2O3. The summed E-state index contributed by atoms with van der Waals surface area (Å²) in [6.07, 6.45) is 0. The third kappa shape index (κ3) is 3.92. The summed E-state index contributed by atoms with van der Waals surface area (Å²) in [6.45, 7) is 2.28. The minimum absolute atomic E-state index is 0.280. The van der Waals surface area contributed by atoms with E-state index < -0.39 is 10.7 Å². The molecule has 0 radical (unpaired) electrons. The lowest BCUT2D eigenvalue weighted by molar-refractivity contribution is -0.384. The Balaban J connectivity index is 1.96. The van der Waals surface area contributed by atoms with Crippen molar-refractivity contribution in [3.8, 4) is 5.75 Å². The van der Waals surface area contributed by atoms with Gasteiger partial charge in [0.05, 0.1) is 11.0 Å². The molecule has 0 aliphatic heterocycles. The summed E-state index contributed by atoms with van der Waals surface area (Å²) in [5.41, 5.74) is 0.362. The fourth-order valence-corrected chi connectivity index (χ4v) is 1.83. The summed E-state index contributed by atoms with van der Waals surface area (Å²) in [5, 5.41) is 13.8. The highest BCUT2D eigenvalue weighted by Gasteiger charge is 2.16. The number of para-hydroxylation sites is 1. The monoisotopic (exact) mass is 290 g/mol. The summed E-state index contributed by atoms with van der Waals surface area (Å²) in [7, 11) is 0. The fourth-order valence-electron chi connectivity index (χ4n) is 1.83. The molecule has 0 heterocycles. The number of nitrogens with one attached hydrogen (secondary N) is 1. The minimum atomic E-state index is -0.608. The van der Waals surface area contributed by atoms with Crippen molar-refractivity contribution in [3.05, 3.63) is 64.0 Å². The molecule has 0 aliphatic carbocycles. The molecule has 2 rings (SSSR count). The molecule has 0 unspecified atom stereocenters. The highest BCUT2D eigenvalue weighted by molar-refractivity contribution is 5.63. The summed E-state index contributed by atoms with van der Waals surface area (Å²) >= 11 is 0. The smallest absolute Gasteiger partial charge is 0.295 e. The molecule has 0 aliphatic rings. The minimum Gasteiger partial charge on any atom is -0.492 e. The molecule has 0 aromatic heterocycles. The van der Waals surface area contributed by atoms with Crippen LogP contribution in [0, 0.1) is 22.9 Å². The van der Waals surface area contributed by atoms with E-state index in [0.717, 1.165) is 11.8 Å². The Bertz CT molecular complexity index is 632. The van der Waals surface area contributed by atoms with E-state index in [0.29, 0.717) is 18.7 Å². The van der Waals surface area contributed by atoms with Gasteiger partial charge in [-0.05, 0) is 30.7 Å². The standard InChI is InChI=1S/C15H15FN2O3/c1-11-9-14(15(18(19)20)10-13(11)16)17-7-8-21-12-5-3-2-4-6-12/h2-6,9-10,17H,7-8H2,1H3. The Hall–Kier alpha value is -2.63. The first kappa shape index (κ1) is 14.8. The van der Waals surface area contributed by atoms with E-state index in [2.05, 4.69) is 5.32 Å². The highest BCUT2D eigenvalue weighted by atomic mass is 19.1. The lowest BCUT2D eigenvalue weighted by atomic mass is 10.2. The summed E-state index contributed by atoms with van der Waals surface area (Å²) in [6, 6.07) is 11.6. The van der Waals surface area contributed by atoms with Crippen LogP contribution in [0.5, 0.6) is 5.75 Å². The second-order valence-electron chi connectivity index (χ2n) is 4.46. The number of benzene rings is 2. The van der Waals surface area contributed by atoms with Crippen LogP contribution in [0.25, 0.3) is 0 Å². The quantitative estimate of drug-likeness (QED) is 0.502. The summed E-state index contributed by atoms with van der Waals surface area (Å²) in [4.78, 5) is 10.3. The van der Waals surface area contributed by atoms with Crippen LogP contribution in [0.15, 0.2) is 42.5 Å². The second-order valence-corrected chi connectivity index (χ2v) is 4.46. The van der Waals surface area contributed by atoms with Gasteiger partial charge in [0.15, 0.2) is 0 Å². The number of hydrogen-bond acceptors (Lipinski definition) is 4. The SMILES string of the molecule is Cc1cc(NCCOc2ccccc2)c([N+](=O)[O-])cc1F. The lowest BCUT2D eigenvalue weighted by Crippen LogP contribution is -2.12. The maximum Gasteiger partial charge on any atom is 0.295 e. The molecule has 5 nitrogen and oxygen atoms in total. The zero-order valence-corrected chi connectivity index (χ0v) is 11.5. The zero-order chi connectivity index (χ0) is 15.2. The fraction of sp³-hybridized carbons (Fsp3) is 0.200. The van der Waals surface area contributed by atoms with Gasteiger partial charge in [0.2, 0.25) is 0 Å². The predicted molar refractivity (Wildman–Crippen MR) is 78.2 cm³/mol. The van der Waals surface area contributed by atoms with Gasteiger partial charge in [-0.3, -0.25) is 10.1 Å². The number of halogens is 1. The number of ether oxygens (including phenoxy) is 1. The van der Waals surface area contributed by atoms with Crippen LogP contribution < -0.4 is 10.1 Å². The van der Waals surface area contributed by atoms with Crippen molar-refractivity contribution in [2.45, 2.75) is 6.92 Å². The van der Waals surface area contributed by atoms with Gasteiger partial charge in [0.1, 0.15) is 23.9 Å². The van der Waals surface area contributed by atoms with Crippen molar-refractivity contribution in [1.82, 2.24) is 0 Å². The van der Waals surface area contributed by atoms with E-state index in [4.69, 9.17) is 4.74 Å². The molecule has 0 saturated carbocycles. The van der Waals surface area contributed by atoms with Gasteiger partial charge in [-0.25, -0.2) is 4.39 Å². The van der Waals surface area contributed by atoms with Crippen LogP contribution in [0.2, 0.25) is 0 Å². The van der Waals surface area contributed by atoms with Crippen molar-refractivity contribution in [3.63, 3.8) is 0 Å². The Labute approximate surface area is 121 Å². The Kier molecular flexibility index (Phi) is 4.71. The number of rotatable bonds is 6. The molecule has 0 fully saturated rings. The largest absolute Gasteiger partial charge is 0.492 e. The van der Waals surface area contributed by atoms with Gasteiger partial charge in [0.25, 0.3) is 5.69 Å². The van der Waals surface area contributed by atoms with E-state index in [1.54, 1.807) is 6.92 Å². The highest BCUT2D eigenvalue weighted by Crippen LogP contribution is 2.27. The number of nitrogens with zero attached hydrogens (tertiary/aromatic N) is 1. The van der Waals surface area contributed by atoms with Gasteiger partial charge >= 0.3 is 0 Å². The molecule has 110 valence electrons. The third-order valence-corrected chi connectivity index (χ3v) is 2.90. The molecule has 21 heavy (non-hydrogen) atoms. The van der Waals surface area contributed by atoms with Crippen molar-refractivity contribution in [2.75, 3.05) is 18.5 Å². The van der Waals surface area contributed by atoms with Crippen molar-refractivity contribution < 1.29 is 14.1 Å². The molecule has 0 saturated heterocycles. The van der Waals surface area contributed by atoms with Gasteiger partial charge in [-0.2, -0.15) is 0 Å². The second kappa shape index (κ2) is 6.69. The van der Waals surface area contributed by atoms with Crippen LogP contribution in [0.1, 0.15) is 5.56 Å². The van der Waals surface area contributed by atoms with E-state index in [-0.39, 0.29) is 11.4 Å². The number of hydrogen-bond donors (Lipinski definition) is 1. The topological polar surface area (TPSA) is 64.4 Å². The lowest BCUT2D eigenvalue weighted by Gasteiger charge is -2.10. The molecule has 0 spiro atoms. The van der Waals surface area contributed by atoms with Crippen molar-refractivity contribution in [1.29, 1.82) is 0 Å². The summed E-state index contributed by atoms with van der Waals surface area (Å²) < 4.78 is 18.8. The maximum atomic E-state index is 13.4. The number of nitro groups is 1. The van der Waals surface area contributed by atoms with Gasteiger partial charge < -0.3 is 10.1 Å². The van der Waals surface area contributed by atoms with E-state index in [1.165, 1.54) is 6.07 Å². The molecule has 1 N–H and O–H groups in total. The van der Waals surface area contributed by atoms with Gasteiger partial charge in [-0.1, -0.05) is 18.2 Å².